The van der Waals surface area contributed by atoms with Crippen molar-refractivity contribution in [1.29, 1.82) is 0 Å². The summed E-state index contributed by atoms with van der Waals surface area (Å²) in [6.07, 6.45) is 18.4. The van der Waals surface area contributed by atoms with E-state index in [4.69, 9.17) is 0 Å². The monoisotopic (exact) mass is 646 g/mol. The third kappa shape index (κ3) is 4.08. The standard InChI is InChI=1S/C48H42N2/c1-47(2)41-19-11-8-16-35(41)37-25-22-33(29-43(37)47)49(34-23-26-38-36-17-9-12-20-42(36)48(3,4)44(38)30-34)32-24-27-46-40(28-32)39-18-10-13-21-45(39)50(46)31-14-6-5-7-15-31/h5-30,35,39,41,45H,1-4H3. The van der Waals surface area contributed by atoms with Crippen molar-refractivity contribution < 1.29 is 0 Å². The van der Waals surface area contributed by atoms with E-state index in [1.54, 1.807) is 0 Å². The fourth-order valence-electron chi connectivity index (χ4n) is 9.94. The van der Waals surface area contributed by atoms with Crippen LogP contribution in [-0.2, 0) is 10.8 Å². The second-order valence-corrected chi connectivity index (χ2v) is 15.8. The van der Waals surface area contributed by atoms with Crippen molar-refractivity contribution in [2.45, 2.75) is 56.4 Å². The van der Waals surface area contributed by atoms with Crippen molar-refractivity contribution in [3.63, 3.8) is 0 Å². The minimum atomic E-state index is -0.0809. The van der Waals surface area contributed by atoms with Crippen LogP contribution in [0.1, 0.15) is 67.3 Å². The lowest BCUT2D eigenvalue weighted by Gasteiger charge is -2.31. The van der Waals surface area contributed by atoms with Gasteiger partial charge in [0.1, 0.15) is 0 Å². The zero-order valence-corrected chi connectivity index (χ0v) is 29.2. The summed E-state index contributed by atoms with van der Waals surface area (Å²) >= 11 is 0. The third-order valence-corrected chi connectivity index (χ3v) is 12.5. The zero-order chi connectivity index (χ0) is 33.8. The minimum absolute atomic E-state index is 0.0328. The molecule has 4 aliphatic carbocycles. The van der Waals surface area contributed by atoms with Crippen LogP contribution in [0, 0.1) is 5.92 Å². The highest BCUT2D eigenvalue weighted by Crippen LogP contribution is 2.56. The number of hydrogen-bond donors (Lipinski definition) is 0. The molecule has 10 rings (SSSR count). The predicted molar refractivity (Wildman–Crippen MR) is 210 cm³/mol. The molecule has 0 radical (unpaired) electrons. The van der Waals surface area contributed by atoms with Crippen molar-refractivity contribution >= 4 is 28.4 Å². The lowest BCUT2D eigenvalue weighted by molar-refractivity contribution is 0.394. The number of nitrogens with zero attached hydrogens (tertiary/aromatic N) is 2. The number of para-hydroxylation sites is 1. The van der Waals surface area contributed by atoms with Crippen LogP contribution < -0.4 is 9.80 Å². The van der Waals surface area contributed by atoms with Gasteiger partial charge in [-0.05, 0) is 105 Å². The number of allylic oxidation sites excluding steroid dienone is 6. The van der Waals surface area contributed by atoms with E-state index >= 15 is 0 Å². The second-order valence-electron chi connectivity index (χ2n) is 15.8. The first-order valence-electron chi connectivity index (χ1n) is 18.2. The molecule has 0 amide bonds. The van der Waals surface area contributed by atoms with Crippen molar-refractivity contribution in [1.82, 2.24) is 0 Å². The maximum Gasteiger partial charge on any atom is 0.0629 e. The zero-order valence-electron chi connectivity index (χ0n) is 29.2. The molecule has 1 aliphatic heterocycles. The minimum Gasteiger partial charge on any atom is -0.333 e. The van der Waals surface area contributed by atoms with Gasteiger partial charge in [-0.25, -0.2) is 0 Å². The van der Waals surface area contributed by atoms with Crippen LogP contribution >= 0.6 is 0 Å². The molecule has 0 N–H and O–H groups in total. The van der Waals surface area contributed by atoms with Gasteiger partial charge in [-0.3, -0.25) is 0 Å². The van der Waals surface area contributed by atoms with Gasteiger partial charge in [0.25, 0.3) is 0 Å². The smallest absolute Gasteiger partial charge is 0.0629 e. The summed E-state index contributed by atoms with van der Waals surface area (Å²) in [7, 11) is 0. The Morgan fingerprint density at radius 2 is 1.16 bits per heavy atom. The molecule has 2 heteroatoms. The number of fused-ring (bicyclic) bond motifs is 9. The molecule has 0 bridgehead atoms. The van der Waals surface area contributed by atoms with E-state index in [1.165, 1.54) is 67.4 Å². The van der Waals surface area contributed by atoms with Gasteiger partial charge < -0.3 is 9.80 Å². The summed E-state index contributed by atoms with van der Waals surface area (Å²) in [5.74, 6) is 1.18. The number of rotatable bonds is 4. The van der Waals surface area contributed by atoms with Crippen LogP contribution in [0.5, 0.6) is 0 Å². The average molecular weight is 647 g/mol. The van der Waals surface area contributed by atoms with Crippen molar-refractivity contribution in [3.05, 3.63) is 186 Å². The molecule has 5 aromatic rings. The van der Waals surface area contributed by atoms with Gasteiger partial charge in [0.05, 0.1) is 6.04 Å². The summed E-state index contributed by atoms with van der Waals surface area (Å²) in [5, 5.41) is 0. The van der Waals surface area contributed by atoms with Gasteiger partial charge in [-0.2, -0.15) is 0 Å². The highest BCUT2D eigenvalue weighted by atomic mass is 15.2. The van der Waals surface area contributed by atoms with Crippen LogP contribution in [0.15, 0.2) is 158 Å². The van der Waals surface area contributed by atoms with Gasteiger partial charge in [-0.15, -0.1) is 0 Å². The molecule has 0 aromatic heterocycles. The molecule has 5 aliphatic rings. The van der Waals surface area contributed by atoms with Crippen LogP contribution in [0.3, 0.4) is 0 Å². The van der Waals surface area contributed by atoms with E-state index < -0.39 is 0 Å². The molecule has 50 heavy (non-hydrogen) atoms. The van der Waals surface area contributed by atoms with Crippen LogP contribution in [0.2, 0.25) is 0 Å². The Morgan fingerprint density at radius 3 is 2.00 bits per heavy atom. The Balaban J connectivity index is 1.16. The topological polar surface area (TPSA) is 6.48 Å². The van der Waals surface area contributed by atoms with E-state index in [2.05, 4.69) is 195 Å². The first-order valence-corrected chi connectivity index (χ1v) is 18.2. The maximum atomic E-state index is 2.52. The Morgan fingerprint density at radius 1 is 0.520 bits per heavy atom. The highest BCUT2D eigenvalue weighted by Gasteiger charge is 2.45. The van der Waals surface area contributed by atoms with Gasteiger partial charge in [-0.1, -0.05) is 131 Å². The summed E-state index contributed by atoms with van der Waals surface area (Å²) < 4.78 is 0. The van der Waals surface area contributed by atoms with Crippen LogP contribution in [-0.4, -0.2) is 6.04 Å². The molecular weight excluding hydrogens is 605 g/mol. The van der Waals surface area contributed by atoms with Gasteiger partial charge in [0.15, 0.2) is 0 Å². The molecule has 4 unspecified atom stereocenters. The van der Waals surface area contributed by atoms with Crippen molar-refractivity contribution in [2.24, 2.45) is 5.92 Å². The molecule has 1 heterocycles. The summed E-state index contributed by atoms with van der Waals surface area (Å²) in [6.45, 7) is 9.62. The van der Waals surface area contributed by atoms with E-state index in [0.717, 1.165) is 0 Å². The Labute approximate surface area is 296 Å². The largest absolute Gasteiger partial charge is 0.333 e. The van der Waals surface area contributed by atoms with Gasteiger partial charge in [0.2, 0.25) is 0 Å². The fourth-order valence-corrected chi connectivity index (χ4v) is 9.94. The first-order chi connectivity index (χ1) is 24.3. The lowest BCUT2D eigenvalue weighted by Crippen LogP contribution is -2.28. The Kier molecular flexibility index (Phi) is 6.26. The number of anilines is 5. The van der Waals surface area contributed by atoms with Crippen molar-refractivity contribution in [3.8, 4) is 11.1 Å². The average Bonchev–Trinajstić information content (AvgIpc) is 3.69. The van der Waals surface area contributed by atoms with E-state index in [1.807, 2.05) is 0 Å². The van der Waals surface area contributed by atoms with Gasteiger partial charge in [0, 0.05) is 45.7 Å². The van der Waals surface area contributed by atoms with Crippen LogP contribution in [0.4, 0.5) is 28.4 Å². The third-order valence-electron chi connectivity index (χ3n) is 12.5. The lowest BCUT2D eigenvalue weighted by atomic mass is 9.74. The summed E-state index contributed by atoms with van der Waals surface area (Å²) in [4.78, 5) is 5.04. The maximum absolute atomic E-state index is 2.52. The Hall–Kier alpha value is -5.34. The SMILES string of the molecule is CC1(C)c2ccccc2-c2ccc(N(c3ccc4c(c3)C3C=CC=CC3N4c3ccccc3)c3ccc4c(c3)C(C)(C)C3C=CC=CC43)cc21. The van der Waals surface area contributed by atoms with Gasteiger partial charge >= 0.3 is 0 Å². The highest BCUT2D eigenvalue weighted by molar-refractivity contribution is 5.87. The molecule has 4 atom stereocenters. The molecule has 5 aromatic carbocycles. The van der Waals surface area contributed by atoms with E-state index in [-0.39, 0.29) is 22.8 Å². The fraction of sp³-hybridized carbons (Fsp3) is 0.208. The van der Waals surface area contributed by atoms with Crippen LogP contribution in [0.25, 0.3) is 11.1 Å². The van der Waals surface area contributed by atoms with Crippen molar-refractivity contribution in [2.75, 3.05) is 9.80 Å². The summed E-state index contributed by atoms with van der Waals surface area (Å²) in [5.41, 5.74) is 15.9. The molecule has 0 saturated heterocycles. The Bertz CT molecular complexity index is 2320. The first kappa shape index (κ1) is 29.6. The van der Waals surface area contributed by atoms with E-state index in [9.17, 15) is 0 Å². The number of hydrogen-bond acceptors (Lipinski definition) is 2. The predicted octanol–water partition coefficient (Wildman–Crippen LogP) is 12.3. The normalized spacial score (nSPS) is 23.6. The molecular formula is C48H42N2. The molecule has 2 nitrogen and oxygen atoms in total. The molecule has 244 valence electrons. The quantitative estimate of drug-likeness (QED) is 0.192. The molecule has 0 fully saturated rings. The second kappa shape index (κ2) is 10.6. The molecule has 0 spiro atoms. The van der Waals surface area contributed by atoms with E-state index in [0.29, 0.717) is 11.8 Å². The number of benzene rings is 5. The molecule has 0 saturated carbocycles. The summed E-state index contributed by atoms with van der Waals surface area (Å²) in [6, 6.07) is 41.7.